The summed E-state index contributed by atoms with van der Waals surface area (Å²) in [6.07, 6.45) is -1.78. The molecule has 0 aliphatic carbocycles. The Morgan fingerprint density at radius 3 is 2.50 bits per heavy atom. The normalized spacial score (nSPS) is 20.6. The van der Waals surface area contributed by atoms with Crippen LogP contribution in [0, 0.1) is 5.92 Å². The summed E-state index contributed by atoms with van der Waals surface area (Å²) in [5.41, 5.74) is 0.161. The molecule has 1 aromatic carbocycles. The van der Waals surface area contributed by atoms with E-state index in [0.717, 1.165) is 30.7 Å². The molecule has 172 valence electrons. The molecule has 0 saturated carbocycles. The van der Waals surface area contributed by atoms with E-state index in [9.17, 15) is 22.8 Å². The molecule has 1 atom stereocenters. The number of carbonyl (C=O) groups is 2. The maximum Gasteiger partial charge on any atom is 0.416 e. The fraction of sp³-hybridized carbons (Fsp3) is 0.478. The second-order valence-electron chi connectivity index (χ2n) is 8.40. The van der Waals surface area contributed by atoms with E-state index in [1.807, 2.05) is 11.0 Å². The zero-order chi connectivity index (χ0) is 22.7. The van der Waals surface area contributed by atoms with Gasteiger partial charge in [-0.05, 0) is 36.2 Å². The van der Waals surface area contributed by atoms with Crippen LogP contribution >= 0.6 is 0 Å². The topological polar surface area (TPSA) is 57.0 Å². The Hall–Kier alpha value is -2.81. The van der Waals surface area contributed by atoms with E-state index in [1.54, 1.807) is 17.2 Å². The van der Waals surface area contributed by atoms with E-state index in [0.29, 0.717) is 45.0 Å². The van der Waals surface area contributed by atoms with Crippen LogP contribution < -0.4 is 0 Å². The van der Waals surface area contributed by atoms with Gasteiger partial charge in [0.15, 0.2) is 0 Å². The third-order valence-corrected chi connectivity index (χ3v) is 6.08. The van der Waals surface area contributed by atoms with Crippen molar-refractivity contribution in [3.8, 4) is 0 Å². The monoisotopic (exact) mass is 449 g/mol. The SMILES string of the molecule is O=C1CC(C(=O)N2CCCN(Cc3ccc(C(F)(F)F)cc3)CC2)CN1Cc1ccco1. The highest BCUT2D eigenvalue weighted by Gasteiger charge is 2.37. The predicted molar refractivity (Wildman–Crippen MR) is 110 cm³/mol. The lowest BCUT2D eigenvalue weighted by atomic mass is 10.1. The zero-order valence-corrected chi connectivity index (χ0v) is 17.7. The molecule has 2 aliphatic rings. The van der Waals surface area contributed by atoms with Crippen molar-refractivity contribution in [3.05, 3.63) is 59.5 Å². The predicted octanol–water partition coefficient (Wildman–Crippen LogP) is 3.38. The van der Waals surface area contributed by atoms with Gasteiger partial charge in [0.1, 0.15) is 5.76 Å². The molecule has 1 aromatic heterocycles. The van der Waals surface area contributed by atoms with Gasteiger partial charge in [-0.3, -0.25) is 14.5 Å². The minimum Gasteiger partial charge on any atom is -0.467 e. The Morgan fingerprint density at radius 1 is 1.03 bits per heavy atom. The van der Waals surface area contributed by atoms with Gasteiger partial charge in [0.05, 0.1) is 24.3 Å². The van der Waals surface area contributed by atoms with E-state index >= 15 is 0 Å². The van der Waals surface area contributed by atoms with Crippen molar-refractivity contribution in [2.24, 2.45) is 5.92 Å². The fourth-order valence-electron chi connectivity index (χ4n) is 4.35. The maximum absolute atomic E-state index is 13.0. The number of nitrogens with zero attached hydrogens (tertiary/aromatic N) is 3. The van der Waals surface area contributed by atoms with Gasteiger partial charge in [0.2, 0.25) is 11.8 Å². The number of hydrogen-bond acceptors (Lipinski definition) is 4. The average molecular weight is 449 g/mol. The number of halogens is 3. The molecule has 4 rings (SSSR count). The summed E-state index contributed by atoms with van der Waals surface area (Å²) in [6.45, 7) is 3.87. The molecule has 2 amide bonds. The molecular weight excluding hydrogens is 423 g/mol. The van der Waals surface area contributed by atoms with Crippen molar-refractivity contribution in [1.82, 2.24) is 14.7 Å². The van der Waals surface area contributed by atoms with Crippen molar-refractivity contribution in [2.75, 3.05) is 32.7 Å². The van der Waals surface area contributed by atoms with Gasteiger partial charge in [0, 0.05) is 45.7 Å². The van der Waals surface area contributed by atoms with E-state index in [4.69, 9.17) is 4.42 Å². The van der Waals surface area contributed by atoms with Crippen LogP contribution in [-0.4, -0.2) is 59.2 Å². The summed E-state index contributed by atoms with van der Waals surface area (Å²) in [6, 6.07) is 8.81. The number of likely N-dealkylation sites (tertiary alicyclic amines) is 1. The van der Waals surface area contributed by atoms with Crippen molar-refractivity contribution < 1.29 is 27.2 Å². The Morgan fingerprint density at radius 2 is 1.81 bits per heavy atom. The van der Waals surface area contributed by atoms with Gasteiger partial charge in [-0.15, -0.1) is 0 Å². The van der Waals surface area contributed by atoms with E-state index in [1.165, 1.54) is 12.1 Å². The van der Waals surface area contributed by atoms with E-state index in [-0.39, 0.29) is 24.2 Å². The third kappa shape index (κ3) is 5.32. The van der Waals surface area contributed by atoms with Crippen molar-refractivity contribution in [3.63, 3.8) is 0 Å². The van der Waals surface area contributed by atoms with Gasteiger partial charge in [-0.1, -0.05) is 12.1 Å². The van der Waals surface area contributed by atoms with Crippen molar-refractivity contribution in [1.29, 1.82) is 0 Å². The van der Waals surface area contributed by atoms with Gasteiger partial charge < -0.3 is 14.2 Å². The molecular formula is C23H26F3N3O3. The number of benzene rings is 1. The summed E-state index contributed by atoms with van der Waals surface area (Å²) in [7, 11) is 0. The van der Waals surface area contributed by atoms with Gasteiger partial charge in [-0.25, -0.2) is 0 Å². The first kappa shape index (κ1) is 22.4. The highest BCUT2D eigenvalue weighted by atomic mass is 19.4. The Balaban J connectivity index is 1.29. The standard InChI is InChI=1S/C23H26F3N3O3/c24-23(25,26)19-6-4-17(5-7-19)14-27-8-2-9-28(11-10-27)22(31)18-13-21(30)29(15-18)16-20-3-1-12-32-20/h1,3-7,12,18H,2,8-11,13-16H2. The van der Waals surface area contributed by atoms with Crippen molar-refractivity contribution in [2.45, 2.75) is 32.1 Å². The van der Waals surface area contributed by atoms with Gasteiger partial charge in [-0.2, -0.15) is 13.2 Å². The van der Waals surface area contributed by atoms with Crippen LogP contribution in [0.2, 0.25) is 0 Å². The van der Waals surface area contributed by atoms with Crippen LogP contribution in [0.25, 0.3) is 0 Å². The summed E-state index contributed by atoms with van der Waals surface area (Å²) in [5.74, 6) is 0.300. The quantitative estimate of drug-likeness (QED) is 0.702. The van der Waals surface area contributed by atoms with Gasteiger partial charge >= 0.3 is 6.18 Å². The molecule has 2 aliphatic heterocycles. The number of rotatable bonds is 5. The minimum atomic E-state index is -4.34. The minimum absolute atomic E-state index is 0.00308. The highest BCUT2D eigenvalue weighted by molar-refractivity contribution is 5.89. The lowest BCUT2D eigenvalue weighted by Gasteiger charge is -2.24. The van der Waals surface area contributed by atoms with E-state index < -0.39 is 11.7 Å². The first-order chi connectivity index (χ1) is 15.3. The molecule has 2 fully saturated rings. The molecule has 3 heterocycles. The molecule has 0 radical (unpaired) electrons. The lowest BCUT2D eigenvalue weighted by molar-refractivity contribution is -0.137. The Bertz CT molecular complexity index is 928. The number of carbonyl (C=O) groups excluding carboxylic acids is 2. The molecule has 1 unspecified atom stereocenters. The third-order valence-electron chi connectivity index (χ3n) is 6.08. The summed E-state index contributed by atoms with van der Waals surface area (Å²) < 4.78 is 43.5. The van der Waals surface area contributed by atoms with Crippen LogP contribution in [0.1, 0.15) is 29.7 Å². The number of hydrogen-bond donors (Lipinski definition) is 0. The summed E-state index contributed by atoms with van der Waals surface area (Å²) >= 11 is 0. The molecule has 32 heavy (non-hydrogen) atoms. The molecule has 0 bridgehead atoms. The number of amides is 2. The Kier molecular flexibility index (Phi) is 6.55. The molecule has 0 spiro atoms. The fourth-order valence-corrected chi connectivity index (χ4v) is 4.35. The number of furan rings is 1. The highest BCUT2D eigenvalue weighted by Crippen LogP contribution is 2.29. The van der Waals surface area contributed by atoms with E-state index in [2.05, 4.69) is 4.90 Å². The van der Waals surface area contributed by atoms with Crippen LogP contribution in [-0.2, 0) is 28.9 Å². The van der Waals surface area contributed by atoms with Gasteiger partial charge in [0.25, 0.3) is 0 Å². The number of alkyl halides is 3. The second-order valence-corrected chi connectivity index (χ2v) is 8.40. The van der Waals surface area contributed by atoms with Crippen molar-refractivity contribution >= 4 is 11.8 Å². The van der Waals surface area contributed by atoms with Crippen LogP contribution in [0.5, 0.6) is 0 Å². The summed E-state index contributed by atoms with van der Waals surface area (Å²) in [5, 5.41) is 0. The largest absolute Gasteiger partial charge is 0.467 e. The second kappa shape index (κ2) is 9.36. The first-order valence-corrected chi connectivity index (χ1v) is 10.8. The molecule has 2 aromatic rings. The summed E-state index contributed by atoms with van der Waals surface area (Å²) in [4.78, 5) is 31.0. The average Bonchev–Trinajstić information content (AvgIpc) is 3.33. The molecule has 6 nitrogen and oxygen atoms in total. The lowest BCUT2D eigenvalue weighted by Crippen LogP contribution is -2.39. The zero-order valence-electron chi connectivity index (χ0n) is 17.7. The van der Waals surface area contributed by atoms with Crippen LogP contribution in [0.3, 0.4) is 0 Å². The van der Waals surface area contributed by atoms with Crippen LogP contribution in [0.15, 0.2) is 47.1 Å². The maximum atomic E-state index is 13.0. The molecule has 2 saturated heterocycles. The molecule has 9 heteroatoms. The van der Waals surface area contributed by atoms with Crippen LogP contribution in [0.4, 0.5) is 13.2 Å². The molecule has 0 N–H and O–H groups in total. The Labute approximate surface area is 184 Å². The smallest absolute Gasteiger partial charge is 0.416 e. The first-order valence-electron chi connectivity index (χ1n) is 10.8.